The molecule has 0 aliphatic rings. The Morgan fingerprint density at radius 2 is 2.15 bits per heavy atom. The summed E-state index contributed by atoms with van der Waals surface area (Å²) < 4.78 is 6.82. The molecule has 0 saturated carbocycles. The number of carbonyl (C=O) groups is 2. The number of carbonyl (C=O) groups excluding carboxylic acids is 1. The summed E-state index contributed by atoms with van der Waals surface area (Å²) in [5.74, 6) is -1.58. The summed E-state index contributed by atoms with van der Waals surface area (Å²) in [6, 6.07) is 4.28. The van der Waals surface area contributed by atoms with E-state index >= 15 is 0 Å². The molecule has 1 unspecified atom stereocenters. The summed E-state index contributed by atoms with van der Waals surface area (Å²) in [5, 5.41) is 20.2. The highest BCUT2D eigenvalue weighted by Gasteiger charge is 2.28. The molecule has 2 N–H and O–H groups in total. The van der Waals surface area contributed by atoms with Crippen LogP contribution in [-0.2, 0) is 7.05 Å². The highest BCUT2D eigenvalue weighted by atomic mass is 16.5. The smallest absolute Gasteiger partial charge is 0.341 e. The largest absolute Gasteiger partial charge is 0.477 e. The molecule has 0 fully saturated rings. The molecule has 26 heavy (non-hydrogen) atoms. The van der Waals surface area contributed by atoms with Crippen molar-refractivity contribution in [1.29, 1.82) is 0 Å². The molecule has 3 aromatic heterocycles. The van der Waals surface area contributed by atoms with Crippen LogP contribution in [0.1, 0.15) is 45.3 Å². The van der Waals surface area contributed by atoms with Gasteiger partial charge in [0.05, 0.1) is 6.04 Å². The number of aryl methyl sites for hydroxylation is 2. The number of aromatic nitrogens is 4. The molecule has 1 atom stereocenters. The fourth-order valence-corrected chi connectivity index (χ4v) is 2.51. The van der Waals surface area contributed by atoms with E-state index in [2.05, 4.69) is 20.6 Å². The molecule has 0 aromatic carbocycles. The van der Waals surface area contributed by atoms with Crippen LogP contribution in [0.4, 0.5) is 0 Å². The Morgan fingerprint density at radius 3 is 2.73 bits per heavy atom. The first kappa shape index (κ1) is 17.3. The van der Waals surface area contributed by atoms with Crippen molar-refractivity contribution in [3.8, 4) is 11.3 Å². The van der Waals surface area contributed by atoms with Gasteiger partial charge in [0.2, 0.25) is 0 Å². The third-order valence-electron chi connectivity index (χ3n) is 3.95. The second-order valence-electron chi connectivity index (χ2n) is 5.81. The average Bonchev–Trinajstić information content (AvgIpc) is 3.20. The van der Waals surface area contributed by atoms with Gasteiger partial charge in [0, 0.05) is 30.7 Å². The Morgan fingerprint density at radius 1 is 1.38 bits per heavy atom. The number of carboxylic acids is 1. The predicted octanol–water partition coefficient (Wildman–Crippen LogP) is 1.97. The second kappa shape index (κ2) is 6.79. The number of aromatic carboxylic acids is 1. The molecule has 0 radical (unpaired) electrons. The lowest BCUT2D eigenvalue weighted by Gasteiger charge is -2.10. The lowest BCUT2D eigenvalue weighted by molar-refractivity contribution is 0.0692. The monoisotopic (exact) mass is 355 g/mol. The summed E-state index contributed by atoms with van der Waals surface area (Å²) in [4.78, 5) is 28.0. The van der Waals surface area contributed by atoms with E-state index in [1.54, 1.807) is 43.0 Å². The van der Waals surface area contributed by atoms with Crippen molar-refractivity contribution in [3.63, 3.8) is 0 Å². The van der Waals surface area contributed by atoms with Gasteiger partial charge in [-0.25, -0.2) is 4.79 Å². The first-order valence-corrected chi connectivity index (χ1v) is 7.83. The molecule has 3 aromatic rings. The topological polar surface area (TPSA) is 123 Å². The Hall–Kier alpha value is -3.49. The zero-order valence-corrected chi connectivity index (χ0v) is 14.4. The molecule has 3 heterocycles. The zero-order chi connectivity index (χ0) is 18.8. The van der Waals surface area contributed by atoms with Crippen LogP contribution >= 0.6 is 0 Å². The molecule has 0 saturated heterocycles. The van der Waals surface area contributed by atoms with Crippen molar-refractivity contribution >= 4 is 11.9 Å². The van der Waals surface area contributed by atoms with Gasteiger partial charge in [0.25, 0.3) is 5.91 Å². The van der Waals surface area contributed by atoms with Gasteiger partial charge in [-0.15, -0.1) is 0 Å². The average molecular weight is 355 g/mol. The maximum Gasteiger partial charge on any atom is 0.341 e. The fourth-order valence-electron chi connectivity index (χ4n) is 2.51. The van der Waals surface area contributed by atoms with Gasteiger partial charge in [-0.3, -0.25) is 14.5 Å². The first-order valence-electron chi connectivity index (χ1n) is 7.83. The minimum Gasteiger partial charge on any atom is -0.477 e. The van der Waals surface area contributed by atoms with E-state index in [1.807, 2.05) is 6.92 Å². The van der Waals surface area contributed by atoms with Crippen molar-refractivity contribution in [2.75, 3.05) is 0 Å². The zero-order valence-electron chi connectivity index (χ0n) is 14.4. The third-order valence-corrected chi connectivity index (χ3v) is 3.95. The maximum absolute atomic E-state index is 12.3. The van der Waals surface area contributed by atoms with Gasteiger partial charge in [-0.2, -0.15) is 5.10 Å². The quantitative estimate of drug-likeness (QED) is 0.717. The molecular weight excluding hydrogens is 338 g/mol. The lowest BCUT2D eigenvalue weighted by Crippen LogP contribution is -2.28. The summed E-state index contributed by atoms with van der Waals surface area (Å²) >= 11 is 0. The fraction of sp³-hybridized carbons (Fsp3) is 0.235. The second-order valence-corrected chi connectivity index (χ2v) is 5.81. The van der Waals surface area contributed by atoms with Crippen LogP contribution < -0.4 is 5.32 Å². The number of nitrogens with one attached hydrogen (secondary N) is 1. The third kappa shape index (κ3) is 3.18. The molecule has 134 valence electrons. The van der Waals surface area contributed by atoms with Crippen LogP contribution in [0.2, 0.25) is 0 Å². The Labute approximate surface area is 148 Å². The number of pyridine rings is 1. The number of carboxylic acid groups (broad SMARTS) is 1. The van der Waals surface area contributed by atoms with Gasteiger partial charge in [-0.1, -0.05) is 5.16 Å². The molecule has 9 nitrogen and oxygen atoms in total. The van der Waals surface area contributed by atoms with E-state index < -0.39 is 17.9 Å². The van der Waals surface area contributed by atoms with Crippen LogP contribution in [0.5, 0.6) is 0 Å². The molecule has 0 aliphatic carbocycles. The predicted molar refractivity (Wildman–Crippen MR) is 90.5 cm³/mol. The highest BCUT2D eigenvalue weighted by molar-refractivity contribution is 5.96. The van der Waals surface area contributed by atoms with Crippen molar-refractivity contribution in [2.24, 2.45) is 7.05 Å². The van der Waals surface area contributed by atoms with E-state index in [-0.39, 0.29) is 22.7 Å². The van der Waals surface area contributed by atoms with Crippen LogP contribution in [0.25, 0.3) is 11.3 Å². The Balaban J connectivity index is 1.90. The normalized spacial score (nSPS) is 12.0. The number of amides is 1. The van der Waals surface area contributed by atoms with E-state index in [9.17, 15) is 14.7 Å². The van der Waals surface area contributed by atoms with Crippen LogP contribution in [0, 0.1) is 6.92 Å². The Kier molecular flexibility index (Phi) is 4.53. The summed E-state index contributed by atoms with van der Waals surface area (Å²) in [7, 11) is 1.73. The summed E-state index contributed by atoms with van der Waals surface area (Å²) in [6.45, 7) is 3.44. The highest BCUT2D eigenvalue weighted by Crippen LogP contribution is 2.28. The lowest BCUT2D eigenvalue weighted by atomic mass is 10.0. The molecule has 0 aliphatic heterocycles. The van der Waals surface area contributed by atoms with Gasteiger partial charge in [-0.05, 0) is 32.0 Å². The molecule has 0 spiro atoms. The van der Waals surface area contributed by atoms with Crippen LogP contribution in [0.15, 0.2) is 35.1 Å². The molecule has 9 heteroatoms. The van der Waals surface area contributed by atoms with Gasteiger partial charge < -0.3 is 14.9 Å². The van der Waals surface area contributed by atoms with Crippen LogP contribution in [0.3, 0.4) is 0 Å². The standard InChI is InChI=1S/C17H17N5O4/c1-9-7-12(20-22(9)3)16(23)19-10(2)15-13(17(24)25)14(21-26-15)11-5-4-6-18-8-11/h4-8,10H,1-3H3,(H,19,23)(H,24,25). The number of hydrogen-bond acceptors (Lipinski definition) is 6. The molecule has 1 amide bonds. The maximum atomic E-state index is 12.3. The number of rotatable bonds is 5. The van der Waals surface area contributed by atoms with Gasteiger partial charge >= 0.3 is 5.97 Å². The van der Waals surface area contributed by atoms with Crippen LogP contribution in [-0.4, -0.2) is 36.9 Å². The number of nitrogens with zero attached hydrogens (tertiary/aromatic N) is 4. The van der Waals surface area contributed by atoms with Crippen molar-refractivity contribution in [3.05, 3.63) is 53.3 Å². The van der Waals surface area contributed by atoms with Crippen molar-refractivity contribution in [1.82, 2.24) is 25.2 Å². The van der Waals surface area contributed by atoms with E-state index in [0.717, 1.165) is 5.69 Å². The molecular formula is C17H17N5O4. The first-order chi connectivity index (χ1) is 12.4. The molecule has 3 rings (SSSR count). The summed E-state index contributed by atoms with van der Waals surface area (Å²) in [5.41, 5.74) is 1.63. The minimum absolute atomic E-state index is 0.0531. The van der Waals surface area contributed by atoms with Crippen molar-refractivity contribution in [2.45, 2.75) is 19.9 Å². The SMILES string of the molecule is Cc1cc(C(=O)NC(C)c2onc(-c3cccnc3)c2C(=O)O)nn1C. The number of hydrogen-bond donors (Lipinski definition) is 2. The Bertz CT molecular complexity index is 941. The minimum atomic E-state index is -1.20. The van der Waals surface area contributed by atoms with Gasteiger partial charge in [0.15, 0.2) is 5.76 Å². The van der Waals surface area contributed by atoms with E-state index in [0.29, 0.717) is 5.56 Å². The summed E-state index contributed by atoms with van der Waals surface area (Å²) in [6.07, 6.45) is 3.07. The molecule has 0 bridgehead atoms. The van der Waals surface area contributed by atoms with Crippen molar-refractivity contribution < 1.29 is 19.2 Å². The van der Waals surface area contributed by atoms with E-state index in [1.165, 1.54) is 6.20 Å². The van der Waals surface area contributed by atoms with E-state index in [4.69, 9.17) is 4.52 Å². The van der Waals surface area contributed by atoms with Gasteiger partial charge in [0.1, 0.15) is 17.0 Å².